The summed E-state index contributed by atoms with van der Waals surface area (Å²) in [6.45, 7) is 0.129. The largest absolute Gasteiger partial charge is 0.343 e. The number of hydrogen-bond donors (Lipinski definition) is 0. The maximum atomic E-state index is 13.3. The standard InChI is InChI=1S/C20H14ClFN2O3S/c21-15-5-3-4-14(12-15)13-23-18-6-1-2-7-19(18)28(26,27)24(20(23)25)17-10-8-16(22)9-11-17/h1-12H,13H2. The molecule has 0 aromatic heterocycles. The molecule has 0 saturated heterocycles. The zero-order chi connectivity index (χ0) is 19.9. The number of nitrogens with zero attached hydrogens (tertiary/aromatic N) is 2. The van der Waals surface area contributed by atoms with Gasteiger partial charge in [0.15, 0.2) is 0 Å². The van der Waals surface area contributed by atoms with E-state index in [0.29, 0.717) is 9.33 Å². The highest BCUT2D eigenvalue weighted by Crippen LogP contribution is 2.38. The van der Waals surface area contributed by atoms with Crippen molar-refractivity contribution in [3.05, 3.63) is 89.2 Å². The summed E-state index contributed by atoms with van der Waals surface area (Å²) in [5.41, 5.74) is 1.09. The van der Waals surface area contributed by atoms with Gasteiger partial charge in [-0.3, -0.25) is 4.90 Å². The summed E-state index contributed by atoms with van der Waals surface area (Å²) in [5.74, 6) is -0.526. The number of fused-ring (bicyclic) bond motifs is 1. The molecule has 0 unspecified atom stereocenters. The van der Waals surface area contributed by atoms with Gasteiger partial charge in [-0.05, 0) is 54.1 Å². The van der Waals surface area contributed by atoms with Crippen LogP contribution in [-0.2, 0) is 16.6 Å². The highest BCUT2D eigenvalue weighted by atomic mass is 35.5. The number of hydrogen-bond acceptors (Lipinski definition) is 3. The fraction of sp³-hybridized carbons (Fsp3) is 0.0500. The number of amides is 2. The van der Waals surface area contributed by atoms with E-state index in [0.717, 1.165) is 17.7 Å². The van der Waals surface area contributed by atoms with Gasteiger partial charge < -0.3 is 0 Å². The third-order valence-corrected chi connectivity index (χ3v) is 6.35. The lowest BCUT2D eigenvalue weighted by atomic mass is 10.2. The van der Waals surface area contributed by atoms with Gasteiger partial charge in [-0.25, -0.2) is 17.6 Å². The van der Waals surface area contributed by atoms with Crippen LogP contribution in [0.15, 0.2) is 77.7 Å². The summed E-state index contributed by atoms with van der Waals surface area (Å²) < 4.78 is 40.2. The smallest absolute Gasteiger partial charge is 0.287 e. The van der Waals surface area contributed by atoms with E-state index in [-0.39, 0.29) is 22.8 Å². The molecule has 0 aliphatic carbocycles. The van der Waals surface area contributed by atoms with E-state index in [4.69, 9.17) is 11.6 Å². The van der Waals surface area contributed by atoms with Crippen molar-refractivity contribution >= 4 is 39.0 Å². The van der Waals surface area contributed by atoms with E-state index in [1.807, 2.05) is 0 Å². The average molecular weight is 417 g/mol. The van der Waals surface area contributed by atoms with Gasteiger partial charge in [-0.2, -0.15) is 4.31 Å². The normalized spacial score (nSPS) is 15.4. The molecule has 1 aliphatic heterocycles. The number of anilines is 2. The van der Waals surface area contributed by atoms with E-state index >= 15 is 0 Å². The molecular formula is C20H14ClFN2O3S. The van der Waals surface area contributed by atoms with Gasteiger partial charge >= 0.3 is 6.03 Å². The first kappa shape index (κ1) is 18.5. The summed E-state index contributed by atoms with van der Waals surface area (Å²) >= 11 is 6.04. The average Bonchev–Trinajstić information content (AvgIpc) is 2.67. The fourth-order valence-corrected chi connectivity index (χ4v) is 4.91. The molecule has 5 nitrogen and oxygen atoms in total. The molecule has 0 saturated carbocycles. The number of halogens is 2. The van der Waals surface area contributed by atoms with Crippen LogP contribution in [0.2, 0.25) is 5.02 Å². The van der Waals surface area contributed by atoms with Crippen molar-refractivity contribution in [3.63, 3.8) is 0 Å². The van der Waals surface area contributed by atoms with Gasteiger partial charge in [0.05, 0.1) is 17.9 Å². The molecule has 28 heavy (non-hydrogen) atoms. The number of carbonyl (C=O) groups excluding carboxylic acids is 1. The Bertz CT molecular complexity index is 1170. The molecule has 1 aliphatic rings. The second-order valence-electron chi connectivity index (χ2n) is 6.21. The number of urea groups is 1. The van der Waals surface area contributed by atoms with Crippen LogP contribution in [-0.4, -0.2) is 14.4 Å². The molecule has 0 spiro atoms. The third kappa shape index (κ3) is 3.12. The van der Waals surface area contributed by atoms with Crippen molar-refractivity contribution in [1.82, 2.24) is 0 Å². The second-order valence-corrected chi connectivity index (χ2v) is 8.40. The fourth-order valence-electron chi connectivity index (χ4n) is 3.11. The Labute approximate surface area is 166 Å². The Morgan fingerprint density at radius 3 is 2.36 bits per heavy atom. The molecule has 0 N–H and O–H groups in total. The summed E-state index contributed by atoms with van der Waals surface area (Å²) in [7, 11) is -4.14. The van der Waals surface area contributed by atoms with Crippen LogP contribution in [0.1, 0.15) is 5.56 Å². The van der Waals surface area contributed by atoms with Crippen LogP contribution in [0.4, 0.5) is 20.6 Å². The van der Waals surface area contributed by atoms with E-state index in [1.54, 1.807) is 42.5 Å². The molecule has 0 atom stereocenters. The van der Waals surface area contributed by atoms with Gasteiger partial charge in [0.25, 0.3) is 10.0 Å². The molecule has 4 rings (SSSR count). The van der Waals surface area contributed by atoms with Gasteiger partial charge in [0, 0.05) is 5.02 Å². The lowest BCUT2D eigenvalue weighted by molar-refractivity contribution is 0.253. The number of rotatable bonds is 3. The van der Waals surface area contributed by atoms with E-state index in [9.17, 15) is 17.6 Å². The zero-order valence-electron chi connectivity index (χ0n) is 14.4. The van der Waals surface area contributed by atoms with Crippen molar-refractivity contribution in [1.29, 1.82) is 0 Å². The van der Waals surface area contributed by atoms with Crippen molar-refractivity contribution in [2.75, 3.05) is 9.21 Å². The lowest BCUT2D eigenvalue weighted by Crippen LogP contribution is -2.50. The van der Waals surface area contributed by atoms with Crippen LogP contribution >= 0.6 is 11.6 Å². The molecule has 3 aromatic rings. The van der Waals surface area contributed by atoms with Crippen molar-refractivity contribution in [3.8, 4) is 0 Å². The molecule has 8 heteroatoms. The van der Waals surface area contributed by atoms with Crippen molar-refractivity contribution in [2.45, 2.75) is 11.4 Å². The molecule has 0 fully saturated rings. The molecule has 0 radical (unpaired) electrons. The summed E-state index contributed by atoms with van der Waals surface area (Å²) in [6.07, 6.45) is 0. The first-order valence-corrected chi connectivity index (χ1v) is 10.2. The molecule has 0 bridgehead atoms. The predicted octanol–water partition coefficient (Wildman–Crippen LogP) is 4.81. The minimum Gasteiger partial charge on any atom is -0.287 e. The number of carbonyl (C=O) groups is 1. The first-order chi connectivity index (χ1) is 13.4. The predicted molar refractivity (Wildman–Crippen MR) is 106 cm³/mol. The van der Waals surface area contributed by atoms with Crippen LogP contribution in [0.3, 0.4) is 0 Å². The third-order valence-electron chi connectivity index (χ3n) is 4.37. The van der Waals surface area contributed by atoms with E-state index in [2.05, 4.69) is 0 Å². The van der Waals surface area contributed by atoms with Crippen LogP contribution in [0, 0.1) is 5.82 Å². The molecule has 2 amide bonds. The Morgan fingerprint density at radius 2 is 1.64 bits per heavy atom. The van der Waals surface area contributed by atoms with Crippen molar-refractivity contribution in [2.24, 2.45) is 0 Å². The SMILES string of the molecule is O=C1N(Cc2cccc(Cl)c2)c2ccccc2S(=O)(=O)N1c1ccc(F)cc1. The second kappa shape index (κ2) is 6.92. The van der Waals surface area contributed by atoms with Crippen LogP contribution in [0.5, 0.6) is 0 Å². The molecule has 3 aromatic carbocycles. The Kier molecular flexibility index (Phi) is 4.56. The topological polar surface area (TPSA) is 57.7 Å². The summed E-state index contributed by atoms with van der Waals surface area (Å²) in [5, 5.41) is 0.512. The lowest BCUT2D eigenvalue weighted by Gasteiger charge is -2.36. The van der Waals surface area contributed by atoms with E-state index < -0.39 is 21.9 Å². The maximum Gasteiger partial charge on any atom is 0.343 e. The van der Waals surface area contributed by atoms with Crippen molar-refractivity contribution < 1.29 is 17.6 Å². The Morgan fingerprint density at radius 1 is 0.929 bits per heavy atom. The van der Waals surface area contributed by atoms with Gasteiger partial charge in [0.2, 0.25) is 0 Å². The Hall–Kier alpha value is -2.90. The molecule has 1 heterocycles. The molecular weight excluding hydrogens is 403 g/mol. The number of para-hydroxylation sites is 1. The summed E-state index contributed by atoms with van der Waals surface area (Å²) in [6, 6.07) is 17.3. The number of sulfonamides is 1. The molecule has 142 valence electrons. The van der Waals surface area contributed by atoms with Crippen LogP contribution < -0.4 is 9.21 Å². The monoisotopic (exact) mass is 416 g/mol. The minimum atomic E-state index is -4.14. The zero-order valence-corrected chi connectivity index (χ0v) is 16.0. The first-order valence-electron chi connectivity index (χ1n) is 8.34. The minimum absolute atomic E-state index is 0.000882. The summed E-state index contributed by atoms with van der Waals surface area (Å²) in [4.78, 5) is 14.6. The van der Waals surface area contributed by atoms with Gasteiger partial charge in [-0.15, -0.1) is 0 Å². The van der Waals surface area contributed by atoms with E-state index in [1.165, 1.54) is 23.1 Å². The highest BCUT2D eigenvalue weighted by Gasteiger charge is 2.42. The Balaban J connectivity index is 1.86. The maximum absolute atomic E-state index is 13.3. The number of benzene rings is 3. The highest BCUT2D eigenvalue weighted by molar-refractivity contribution is 7.94. The van der Waals surface area contributed by atoms with Gasteiger partial charge in [0.1, 0.15) is 10.7 Å². The van der Waals surface area contributed by atoms with Crippen LogP contribution in [0.25, 0.3) is 0 Å². The van der Waals surface area contributed by atoms with Gasteiger partial charge in [-0.1, -0.05) is 35.9 Å². The quantitative estimate of drug-likeness (QED) is 0.615.